The van der Waals surface area contributed by atoms with E-state index < -0.39 is 0 Å². The molecule has 0 saturated carbocycles. The van der Waals surface area contributed by atoms with Gasteiger partial charge in [-0.1, -0.05) is 20.8 Å². The van der Waals surface area contributed by atoms with Crippen LogP contribution in [0.1, 0.15) is 48.3 Å². The summed E-state index contributed by atoms with van der Waals surface area (Å²) >= 11 is 1.41. The van der Waals surface area contributed by atoms with Crippen LogP contribution >= 0.6 is 11.3 Å². The number of amides is 2. The smallest absolute Gasteiger partial charge is 0.267 e. The molecule has 1 aliphatic heterocycles. The fourth-order valence-electron chi connectivity index (χ4n) is 2.56. The number of rotatable bonds is 3. The Morgan fingerprint density at radius 3 is 2.50 bits per heavy atom. The summed E-state index contributed by atoms with van der Waals surface area (Å²) in [5.41, 5.74) is 1.53. The molecule has 2 amide bonds. The number of carbonyl (C=O) groups is 2. The van der Waals surface area contributed by atoms with Crippen LogP contribution in [0.3, 0.4) is 0 Å². The second-order valence-electron chi connectivity index (χ2n) is 6.93. The molecule has 5 nitrogen and oxygen atoms in total. The second-order valence-corrected chi connectivity index (χ2v) is 7.96. The Morgan fingerprint density at radius 1 is 1.25 bits per heavy atom. The van der Waals surface area contributed by atoms with E-state index >= 15 is 0 Å². The summed E-state index contributed by atoms with van der Waals surface area (Å²) in [6.07, 6.45) is 3.14. The van der Waals surface area contributed by atoms with Gasteiger partial charge in [-0.25, -0.2) is 4.98 Å². The number of hydrogen-bond acceptors (Lipinski definition) is 4. The summed E-state index contributed by atoms with van der Waals surface area (Å²) in [6.45, 7) is 6.99. The highest BCUT2D eigenvalue weighted by Gasteiger charge is 2.22. The highest BCUT2D eigenvalue weighted by Crippen LogP contribution is 2.28. The Bertz CT molecular complexity index is 759. The third kappa shape index (κ3) is 3.48. The molecule has 0 spiro atoms. The predicted octanol–water partition coefficient (Wildman–Crippen LogP) is 3.82. The molecule has 2 aromatic rings. The topological polar surface area (TPSA) is 62.3 Å². The lowest BCUT2D eigenvalue weighted by Crippen LogP contribution is -2.23. The molecule has 0 aliphatic carbocycles. The third-order valence-electron chi connectivity index (χ3n) is 3.88. The largest absolute Gasteiger partial charge is 0.321 e. The molecule has 0 radical (unpaired) electrons. The van der Waals surface area contributed by atoms with E-state index in [2.05, 4.69) is 31.1 Å². The molecule has 1 aliphatic rings. The summed E-state index contributed by atoms with van der Waals surface area (Å²) in [4.78, 5) is 30.8. The summed E-state index contributed by atoms with van der Waals surface area (Å²) in [6, 6.07) is 7.38. The second kappa shape index (κ2) is 6.36. The number of aromatic nitrogens is 1. The molecule has 3 rings (SSSR count). The Kier molecular flexibility index (Phi) is 4.41. The fourth-order valence-corrected chi connectivity index (χ4v) is 3.43. The average Bonchev–Trinajstić information content (AvgIpc) is 3.16. The van der Waals surface area contributed by atoms with E-state index in [9.17, 15) is 9.59 Å². The minimum absolute atomic E-state index is 0.0624. The van der Waals surface area contributed by atoms with Gasteiger partial charge in [0.25, 0.3) is 5.91 Å². The van der Waals surface area contributed by atoms with Crippen molar-refractivity contribution in [1.29, 1.82) is 0 Å². The highest BCUT2D eigenvalue weighted by atomic mass is 32.1. The van der Waals surface area contributed by atoms with Crippen molar-refractivity contribution in [3.05, 3.63) is 40.3 Å². The van der Waals surface area contributed by atoms with Crippen LogP contribution in [0.4, 0.5) is 11.4 Å². The summed E-state index contributed by atoms with van der Waals surface area (Å²) in [7, 11) is 0. The lowest BCUT2D eigenvalue weighted by atomic mass is 9.98. The first kappa shape index (κ1) is 16.6. The number of nitrogens with one attached hydrogen (secondary N) is 1. The van der Waals surface area contributed by atoms with Gasteiger partial charge < -0.3 is 10.2 Å². The predicted molar refractivity (Wildman–Crippen MR) is 96.8 cm³/mol. The molecule has 6 heteroatoms. The lowest BCUT2D eigenvalue weighted by molar-refractivity contribution is -0.117. The minimum atomic E-state index is -0.159. The van der Waals surface area contributed by atoms with E-state index in [1.165, 1.54) is 11.3 Å². The Labute approximate surface area is 145 Å². The first-order valence-corrected chi connectivity index (χ1v) is 8.84. The normalized spacial score (nSPS) is 15.0. The molecule has 24 heavy (non-hydrogen) atoms. The van der Waals surface area contributed by atoms with Gasteiger partial charge in [-0.3, -0.25) is 9.59 Å². The zero-order valence-electron chi connectivity index (χ0n) is 14.1. The van der Waals surface area contributed by atoms with Gasteiger partial charge in [0, 0.05) is 29.8 Å². The van der Waals surface area contributed by atoms with E-state index in [0.29, 0.717) is 17.0 Å². The molecule has 0 bridgehead atoms. The van der Waals surface area contributed by atoms with Crippen LogP contribution < -0.4 is 10.2 Å². The highest BCUT2D eigenvalue weighted by molar-refractivity contribution is 7.13. The average molecular weight is 343 g/mol. The van der Waals surface area contributed by atoms with Crippen molar-refractivity contribution < 1.29 is 9.59 Å². The maximum atomic E-state index is 12.3. The number of thiazole rings is 1. The number of anilines is 2. The molecule has 2 heterocycles. The van der Waals surface area contributed by atoms with E-state index in [1.54, 1.807) is 11.1 Å². The molecule has 1 aromatic heterocycles. The van der Waals surface area contributed by atoms with Crippen molar-refractivity contribution in [1.82, 2.24) is 4.98 Å². The van der Waals surface area contributed by atoms with Crippen molar-refractivity contribution >= 4 is 34.5 Å². The summed E-state index contributed by atoms with van der Waals surface area (Å²) < 4.78 is 0. The Hall–Kier alpha value is -2.21. The monoisotopic (exact) mass is 343 g/mol. The van der Waals surface area contributed by atoms with Gasteiger partial charge in [0.1, 0.15) is 4.88 Å². The lowest BCUT2D eigenvalue weighted by Gasteiger charge is -2.16. The maximum Gasteiger partial charge on any atom is 0.267 e. The van der Waals surface area contributed by atoms with Gasteiger partial charge in [-0.05, 0) is 30.7 Å². The summed E-state index contributed by atoms with van der Waals surface area (Å²) in [5, 5.41) is 3.82. The number of benzene rings is 1. The van der Waals surface area contributed by atoms with Gasteiger partial charge in [0.05, 0.1) is 11.2 Å². The molecule has 1 N–H and O–H groups in total. The molecule has 0 unspecified atom stereocenters. The van der Waals surface area contributed by atoms with E-state index in [-0.39, 0.29) is 17.2 Å². The Balaban J connectivity index is 1.68. The first-order valence-electron chi connectivity index (χ1n) is 8.03. The zero-order valence-corrected chi connectivity index (χ0v) is 14.9. The fraction of sp³-hybridized carbons (Fsp3) is 0.389. The molecule has 1 saturated heterocycles. The van der Waals surface area contributed by atoms with E-state index in [0.717, 1.165) is 23.7 Å². The van der Waals surface area contributed by atoms with Crippen molar-refractivity contribution in [3.8, 4) is 0 Å². The van der Waals surface area contributed by atoms with Crippen LogP contribution in [0.2, 0.25) is 0 Å². The molecular weight excluding hydrogens is 322 g/mol. The summed E-state index contributed by atoms with van der Waals surface area (Å²) in [5.74, 6) is -0.000783. The van der Waals surface area contributed by atoms with E-state index in [1.807, 2.05) is 24.3 Å². The Morgan fingerprint density at radius 2 is 1.96 bits per heavy atom. The number of hydrogen-bond donors (Lipinski definition) is 1. The molecule has 126 valence electrons. The molecule has 1 fully saturated rings. The maximum absolute atomic E-state index is 12.3. The van der Waals surface area contributed by atoms with Crippen molar-refractivity contribution in [2.75, 3.05) is 16.8 Å². The number of nitrogens with zero attached hydrogens (tertiary/aromatic N) is 2. The zero-order chi connectivity index (χ0) is 17.3. The molecular formula is C18H21N3O2S. The van der Waals surface area contributed by atoms with Gasteiger partial charge in [0.2, 0.25) is 5.91 Å². The third-order valence-corrected chi connectivity index (χ3v) is 5.30. The van der Waals surface area contributed by atoms with Crippen molar-refractivity contribution in [3.63, 3.8) is 0 Å². The van der Waals surface area contributed by atoms with Crippen LogP contribution in [-0.4, -0.2) is 23.3 Å². The van der Waals surface area contributed by atoms with Crippen LogP contribution in [0.5, 0.6) is 0 Å². The quantitative estimate of drug-likeness (QED) is 0.921. The number of carbonyl (C=O) groups excluding carboxylic acids is 2. The van der Waals surface area contributed by atoms with E-state index in [4.69, 9.17) is 0 Å². The SMILES string of the molecule is CC(C)(C)c1ncc(C(=O)Nc2ccc(N3CCCC3=O)cc2)s1. The van der Waals surface area contributed by atoms with Gasteiger partial charge >= 0.3 is 0 Å². The minimum Gasteiger partial charge on any atom is -0.321 e. The van der Waals surface area contributed by atoms with Crippen molar-refractivity contribution in [2.24, 2.45) is 0 Å². The first-order chi connectivity index (χ1) is 11.3. The van der Waals surface area contributed by atoms with Gasteiger partial charge in [-0.2, -0.15) is 0 Å². The van der Waals surface area contributed by atoms with Crippen LogP contribution in [0, 0.1) is 0 Å². The van der Waals surface area contributed by atoms with Crippen LogP contribution in [-0.2, 0) is 10.2 Å². The van der Waals surface area contributed by atoms with Gasteiger partial charge in [-0.15, -0.1) is 11.3 Å². The van der Waals surface area contributed by atoms with Crippen LogP contribution in [0.25, 0.3) is 0 Å². The van der Waals surface area contributed by atoms with Gasteiger partial charge in [0.15, 0.2) is 0 Å². The molecule has 0 atom stereocenters. The van der Waals surface area contributed by atoms with Crippen LogP contribution in [0.15, 0.2) is 30.5 Å². The standard InChI is InChI=1S/C18H21N3O2S/c1-18(2,3)17-19-11-14(24-17)16(23)20-12-6-8-13(9-7-12)21-10-4-5-15(21)22/h6-9,11H,4-5,10H2,1-3H3,(H,20,23). The van der Waals surface area contributed by atoms with Crippen molar-refractivity contribution in [2.45, 2.75) is 39.0 Å². The molecule has 1 aromatic carbocycles.